The molecule has 0 spiro atoms. The topological polar surface area (TPSA) is 140 Å². The van der Waals surface area contributed by atoms with Crippen LogP contribution in [0.25, 0.3) is 0 Å². The van der Waals surface area contributed by atoms with Gasteiger partial charge in [0.2, 0.25) is 0 Å². The molecule has 1 fully saturated rings. The lowest BCUT2D eigenvalue weighted by Crippen LogP contribution is -2.46. The second-order valence-electron chi connectivity index (χ2n) is 11.3. The summed E-state index contributed by atoms with van der Waals surface area (Å²) in [6, 6.07) is 30.9. The molecule has 1 aromatic heterocycles. The van der Waals surface area contributed by atoms with Gasteiger partial charge in [-0.3, -0.25) is 9.59 Å². The molecule has 1 saturated heterocycles. The van der Waals surface area contributed by atoms with E-state index in [2.05, 4.69) is 5.10 Å². The molecule has 0 bridgehead atoms. The van der Waals surface area contributed by atoms with E-state index in [0.29, 0.717) is 16.1 Å². The molecule has 0 aliphatic carbocycles. The molecule has 0 radical (unpaired) electrons. The van der Waals surface area contributed by atoms with Crippen molar-refractivity contribution in [3.63, 3.8) is 0 Å². The molecule has 6 rings (SSSR count). The first-order valence-electron chi connectivity index (χ1n) is 15.5. The van der Waals surface area contributed by atoms with Crippen molar-refractivity contribution in [1.82, 2.24) is 14.3 Å². The van der Waals surface area contributed by atoms with Crippen LogP contribution in [0.3, 0.4) is 0 Å². The van der Waals surface area contributed by atoms with Gasteiger partial charge in [-0.2, -0.15) is 14.3 Å². The van der Waals surface area contributed by atoms with Gasteiger partial charge in [-0.15, -0.1) is 0 Å². The van der Waals surface area contributed by atoms with Crippen LogP contribution >= 0.6 is 0 Å². The molecule has 0 saturated carbocycles. The number of carbonyl (C=O) groups is 1. The van der Waals surface area contributed by atoms with E-state index in [1.54, 1.807) is 32.4 Å². The van der Waals surface area contributed by atoms with Crippen LogP contribution in [-0.4, -0.2) is 65.5 Å². The van der Waals surface area contributed by atoms with Gasteiger partial charge in [-0.25, -0.2) is 4.79 Å². The smallest absolute Gasteiger partial charge is 0.357 e. The van der Waals surface area contributed by atoms with Crippen molar-refractivity contribution in [2.75, 3.05) is 27.9 Å². The summed E-state index contributed by atoms with van der Waals surface area (Å²) in [4.78, 5) is 39.7. The van der Waals surface area contributed by atoms with Gasteiger partial charge < -0.3 is 28.8 Å². The predicted octanol–water partition coefficient (Wildman–Crippen LogP) is 3.78. The SMILES string of the molecule is COc1ccc(C(OC[C@H]2O[C@@H](n3ncc(=O)n(C(=O)c4ccccc4OC)c3=O)C[C@@H]2O)(c2ccccc2)c2ccc(OC)cc2)cc1. The lowest BCUT2D eigenvalue weighted by molar-refractivity contribution is -0.0969. The van der Waals surface area contributed by atoms with Crippen LogP contribution in [0.2, 0.25) is 0 Å². The van der Waals surface area contributed by atoms with Crippen molar-refractivity contribution in [2.24, 2.45) is 0 Å². The zero-order chi connectivity index (χ0) is 34.5. The van der Waals surface area contributed by atoms with Crippen LogP contribution in [-0.2, 0) is 15.1 Å². The quantitative estimate of drug-likeness (QED) is 0.207. The zero-order valence-electron chi connectivity index (χ0n) is 27.1. The van der Waals surface area contributed by atoms with Crippen molar-refractivity contribution in [3.05, 3.63) is 152 Å². The first-order valence-corrected chi connectivity index (χ1v) is 15.5. The van der Waals surface area contributed by atoms with Crippen molar-refractivity contribution in [1.29, 1.82) is 0 Å². The number of carbonyl (C=O) groups excluding carboxylic acids is 1. The highest BCUT2D eigenvalue weighted by atomic mass is 16.6. The number of nitrogens with zero attached hydrogens (tertiary/aromatic N) is 3. The zero-order valence-corrected chi connectivity index (χ0v) is 27.1. The highest BCUT2D eigenvalue weighted by molar-refractivity contribution is 5.98. The summed E-state index contributed by atoms with van der Waals surface area (Å²) in [5, 5.41) is 15.2. The predicted molar refractivity (Wildman–Crippen MR) is 178 cm³/mol. The molecular weight excluding hydrogens is 630 g/mol. The third-order valence-corrected chi connectivity index (χ3v) is 8.56. The lowest BCUT2D eigenvalue weighted by Gasteiger charge is -2.37. The number of methoxy groups -OCH3 is 3. The minimum absolute atomic E-state index is 0.0231. The van der Waals surface area contributed by atoms with E-state index in [9.17, 15) is 19.5 Å². The van der Waals surface area contributed by atoms with E-state index in [4.69, 9.17) is 23.7 Å². The summed E-state index contributed by atoms with van der Waals surface area (Å²) in [5.41, 5.74) is -0.699. The molecule has 252 valence electrons. The summed E-state index contributed by atoms with van der Waals surface area (Å²) < 4.78 is 30.5. The number of aromatic nitrogens is 3. The molecule has 49 heavy (non-hydrogen) atoms. The highest BCUT2D eigenvalue weighted by Gasteiger charge is 2.42. The maximum absolute atomic E-state index is 13.6. The standard InChI is InChI=1S/C37H35N3O9/c1-45-27-17-13-25(14-18-27)37(24-9-5-4-6-10-24,26-15-19-28(46-2)20-16-26)48-23-32-30(41)21-34(49-32)40-36(44)39(33(42)22-38-40)35(43)29-11-7-8-12-31(29)47-3/h4-20,22,30,32,34,41H,21,23H2,1-3H3/t30-,32+,34+/m0/s1. The maximum atomic E-state index is 13.6. The fraction of sp³-hybridized carbons (Fsp3) is 0.243. The lowest BCUT2D eigenvalue weighted by atomic mass is 9.80. The Morgan fingerprint density at radius 2 is 1.39 bits per heavy atom. The normalized spacial score (nSPS) is 17.4. The summed E-state index contributed by atoms with van der Waals surface area (Å²) >= 11 is 0. The molecular formula is C37H35N3O9. The molecule has 5 aromatic rings. The van der Waals surface area contributed by atoms with E-state index in [1.807, 2.05) is 78.9 Å². The molecule has 1 aliphatic heterocycles. The Bertz CT molecular complexity index is 1980. The maximum Gasteiger partial charge on any atom is 0.357 e. The molecule has 2 heterocycles. The first kappa shape index (κ1) is 33.3. The van der Waals surface area contributed by atoms with Crippen LogP contribution in [0.15, 0.2) is 119 Å². The molecule has 0 unspecified atom stereocenters. The van der Waals surface area contributed by atoms with Gasteiger partial charge in [0.25, 0.3) is 11.5 Å². The number of rotatable bonds is 11. The van der Waals surface area contributed by atoms with Gasteiger partial charge in [0, 0.05) is 6.42 Å². The van der Waals surface area contributed by atoms with Crippen LogP contribution in [0, 0.1) is 0 Å². The average Bonchev–Trinajstić information content (AvgIpc) is 3.52. The van der Waals surface area contributed by atoms with Crippen molar-refractivity contribution < 1.29 is 33.6 Å². The van der Waals surface area contributed by atoms with E-state index >= 15 is 0 Å². The third-order valence-electron chi connectivity index (χ3n) is 8.56. The second kappa shape index (κ2) is 14.3. The van der Waals surface area contributed by atoms with E-state index in [-0.39, 0.29) is 24.3 Å². The Morgan fingerprint density at radius 1 is 0.816 bits per heavy atom. The molecule has 0 amide bonds. The minimum Gasteiger partial charge on any atom is -0.497 e. The Morgan fingerprint density at radius 3 is 1.98 bits per heavy atom. The van der Waals surface area contributed by atoms with E-state index < -0.39 is 41.2 Å². The molecule has 4 aromatic carbocycles. The number of hydrogen-bond donors (Lipinski definition) is 1. The summed E-state index contributed by atoms with van der Waals surface area (Å²) in [6.07, 6.45) is -2.28. The summed E-state index contributed by atoms with van der Waals surface area (Å²) in [5.74, 6) is 0.652. The van der Waals surface area contributed by atoms with Crippen molar-refractivity contribution in [2.45, 2.75) is 30.5 Å². The Balaban J connectivity index is 1.34. The van der Waals surface area contributed by atoms with Crippen molar-refractivity contribution >= 4 is 5.91 Å². The van der Waals surface area contributed by atoms with Crippen LogP contribution in [0.1, 0.15) is 39.7 Å². The van der Waals surface area contributed by atoms with E-state index in [1.165, 1.54) is 13.2 Å². The Kier molecular flexibility index (Phi) is 9.72. The van der Waals surface area contributed by atoms with Gasteiger partial charge >= 0.3 is 5.69 Å². The number of aliphatic hydroxyl groups excluding tert-OH is 1. The molecule has 1 N–H and O–H groups in total. The molecule has 12 nitrogen and oxygen atoms in total. The molecule has 3 atom stereocenters. The van der Waals surface area contributed by atoms with Gasteiger partial charge in [0.1, 0.15) is 35.2 Å². The van der Waals surface area contributed by atoms with Crippen molar-refractivity contribution in [3.8, 4) is 17.2 Å². The number of benzene rings is 4. The average molecular weight is 666 g/mol. The number of hydrogen-bond acceptors (Lipinski definition) is 10. The van der Waals surface area contributed by atoms with Gasteiger partial charge in [-0.1, -0.05) is 66.7 Å². The largest absolute Gasteiger partial charge is 0.497 e. The number of aliphatic hydroxyl groups is 1. The van der Waals surface area contributed by atoms with Gasteiger partial charge in [0.05, 0.1) is 39.6 Å². The van der Waals surface area contributed by atoms with Crippen LogP contribution in [0.5, 0.6) is 17.2 Å². The Labute approximate surface area is 281 Å². The summed E-state index contributed by atoms with van der Waals surface area (Å²) in [7, 11) is 4.57. The fourth-order valence-electron chi connectivity index (χ4n) is 6.04. The number of para-hydroxylation sites is 1. The van der Waals surface area contributed by atoms with Crippen LogP contribution in [0.4, 0.5) is 0 Å². The van der Waals surface area contributed by atoms with Gasteiger partial charge in [-0.05, 0) is 53.1 Å². The minimum atomic E-state index is -1.18. The highest BCUT2D eigenvalue weighted by Crippen LogP contribution is 2.42. The fourth-order valence-corrected chi connectivity index (χ4v) is 6.04. The van der Waals surface area contributed by atoms with Gasteiger partial charge in [0.15, 0.2) is 6.23 Å². The van der Waals surface area contributed by atoms with Crippen LogP contribution < -0.4 is 25.5 Å². The summed E-state index contributed by atoms with van der Waals surface area (Å²) in [6.45, 7) is -0.112. The molecule has 1 aliphatic rings. The first-order chi connectivity index (χ1) is 23.8. The molecule has 12 heteroatoms. The number of ether oxygens (including phenoxy) is 5. The van der Waals surface area contributed by atoms with E-state index in [0.717, 1.165) is 27.6 Å². The second-order valence-corrected chi connectivity index (χ2v) is 11.3. The monoisotopic (exact) mass is 665 g/mol. The Hall–Kier alpha value is -5.56. The third kappa shape index (κ3) is 6.36.